The monoisotopic (exact) mass is 333 g/mol. The summed E-state index contributed by atoms with van der Waals surface area (Å²) in [4.78, 5) is 2.51. The summed E-state index contributed by atoms with van der Waals surface area (Å²) in [5.41, 5.74) is 10.9. The zero-order valence-corrected chi connectivity index (χ0v) is 16.1. The molecule has 0 amide bonds. The third-order valence-electron chi connectivity index (χ3n) is 5.34. The summed E-state index contributed by atoms with van der Waals surface area (Å²) in [5.74, 6) is 0. The maximum atomic E-state index is 5.97. The second-order valence-electron chi connectivity index (χ2n) is 7.20. The van der Waals surface area contributed by atoms with Crippen LogP contribution in [0.4, 0.5) is 11.4 Å². The first-order chi connectivity index (χ1) is 11.5. The lowest BCUT2D eigenvalue weighted by Crippen LogP contribution is -2.52. The first kappa shape index (κ1) is 19.1. The van der Waals surface area contributed by atoms with E-state index in [4.69, 9.17) is 10.5 Å². The van der Waals surface area contributed by atoms with E-state index in [1.807, 2.05) is 0 Å². The zero-order valence-electron chi connectivity index (χ0n) is 16.1. The third-order valence-corrected chi connectivity index (χ3v) is 5.34. The molecule has 0 aromatic heterocycles. The van der Waals surface area contributed by atoms with Gasteiger partial charge in [0, 0.05) is 24.5 Å². The lowest BCUT2D eigenvalue weighted by molar-refractivity contribution is -0.0258. The van der Waals surface area contributed by atoms with Crippen LogP contribution in [0.5, 0.6) is 0 Å². The minimum atomic E-state index is 0.258. The van der Waals surface area contributed by atoms with Crippen LogP contribution in [-0.4, -0.2) is 37.9 Å². The van der Waals surface area contributed by atoms with Crippen LogP contribution in [0.1, 0.15) is 51.2 Å². The molecule has 0 aliphatic carbocycles. The largest absolute Gasteiger partial charge is 0.385 e. The van der Waals surface area contributed by atoms with Crippen LogP contribution >= 0.6 is 0 Å². The van der Waals surface area contributed by atoms with E-state index in [1.165, 1.54) is 35.3 Å². The Morgan fingerprint density at radius 2 is 1.88 bits per heavy atom. The highest BCUT2D eigenvalue weighted by atomic mass is 16.5. The first-order valence-electron chi connectivity index (χ1n) is 9.42. The number of morpholine rings is 1. The van der Waals surface area contributed by atoms with Crippen LogP contribution in [0.2, 0.25) is 0 Å². The molecule has 1 aliphatic heterocycles. The molecule has 0 bridgehead atoms. The summed E-state index contributed by atoms with van der Waals surface area (Å²) in [6, 6.07) is 4.90. The van der Waals surface area contributed by atoms with E-state index < -0.39 is 0 Å². The number of ether oxygens (including phenoxy) is 1. The van der Waals surface area contributed by atoms with Crippen LogP contribution in [0, 0.1) is 13.8 Å². The maximum Gasteiger partial charge on any atom is 0.0751 e. The molecule has 0 unspecified atom stereocenters. The number of nitrogens with one attached hydrogen (secondary N) is 1. The lowest BCUT2D eigenvalue weighted by atomic mass is 10.0. The first-order valence-corrected chi connectivity index (χ1v) is 9.42. The number of hydrogen-bond donors (Lipinski definition) is 2. The smallest absolute Gasteiger partial charge is 0.0751 e. The van der Waals surface area contributed by atoms with Gasteiger partial charge in [-0.2, -0.15) is 0 Å². The van der Waals surface area contributed by atoms with Gasteiger partial charge in [0.1, 0.15) is 0 Å². The topological polar surface area (TPSA) is 50.5 Å². The lowest BCUT2D eigenvalue weighted by Gasteiger charge is -2.43. The van der Waals surface area contributed by atoms with Crippen LogP contribution in [0.25, 0.3) is 0 Å². The Kier molecular flexibility index (Phi) is 6.93. The molecule has 24 heavy (non-hydrogen) atoms. The van der Waals surface area contributed by atoms with Gasteiger partial charge < -0.3 is 20.7 Å². The number of rotatable bonds is 7. The van der Waals surface area contributed by atoms with Crippen molar-refractivity contribution in [1.82, 2.24) is 0 Å². The fraction of sp³-hybridized carbons (Fsp3) is 0.700. The van der Waals surface area contributed by atoms with Crippen LogP contribution in [0.3, 0.4) is 0 Å². The number of hydrogen-bond acceptors (Lipinski definition) is 4. The van der Waals surface area contributed by atoms with Crippen molar-refractivity contribution in [3.63, 3.8) is 0 Å². The zero-order chi connectivity index (χ0) is 17.7. The molecule has 0 spiro atoms. The van der Waals surface area contributed by atoms with Crippen molar-refractivity contribution in [3.8, 4) is 0 Å². The standard InChI is InChI=1S/C20H35N3O/c1-14-13-23(17(4)18(5)24-14)20-10-9-19(15(2)16(20)3)22-12-8-6-7-11-21/h9-10,14,17-18,22H,6-8,11-13,21H2,1-5H3/t14-,17-,18+/m0/s1. The highest BCUT2D eigenvalue weighted by Crippen LogP contribution is 2.32. The Hall–Kier alpha value is -1.26. The maximum absolute atomic E-state index is 5.97. The van der Waals surface area contributed by atoms with Gasteiger partial charge in [0.25, 0.3) is 0 Å². The van der Waals surface area contributed by atoms with Gasteiger partial charge in [-0.3, -0.25) is 0 Å². The fourth-order valence-corrected chi connectivity index (χ4v) is 3.52. The summed E-state index contributed by atoms with van der Waals surface area (Å²) in [6.07, 6.45) is 4.02. The number of unbranched alkanes of at least 4 members (excludes halogenated alkanes) is 2. The molecule has 1 aliphatic rings. The highest BCUT2D eigenvalue weighted by molar-refractivity contribution is 5.66. The van der Waals surface area contributed by atoms with Gasteiger partial charge in [0.05, 0.1) is 18.2 Å². The number of nitrogens with zero attached hydrogens (tertiary/aromatic N) is 1. The Bertz CT molecular complexity index is 532. The van der Waals surface area contributed by atoms with E-state index in [2.05, 4.69) is 57.0 Å². The Morgan fingerprint density at radius 3 is 2.58 bits per heavy atom. The van der Waals surface area contributed by atoms with E-state index in [0.717, 1.165) is 26.1 Å². The molecule has 1 aromatic rings. The minimum Gasteiger partial charge on any atom is -0.385 e. The molecule has 4 nitrogen and oxygen atoms in total. The van der Waals surface area contributed by atoms with Crippen molar-refractivity contribution in [2.24, 2.45) is 5.73 Å². The van der Waals surface area contributed by atoms with E-state index in [-0.39, 0.29) is 12.2 Å². The molecule has 1 heterocycles. The van der Waals surface area contributed by atoms with Crippen molar-refractivity contribution in [1.29, 1.82) is 0 Å². The Labute approximate surface area is 147 Å². The van der Waals surface area contributed by atoms with Gasteiger partial charge in [-0.05, 0) is 77.3 Å². The molecule has 3 atom stereocenters. The molecule has 3 N–H and O–H groups in total. The fourth-order valence-electron chi connectivity index (χ4n) is 3.52. The van der Waals surface area contributed by atoms with Gasteiger partial charge in [-0.1, -0.05) is 6.42 Å². The average Bonchev–Trinajstić information content (AvgIpc) is 2.55. The summed E-state index contributed by atoms with van der Waals surface area (Å²) < 4.78 is 5.97. The van der Waals surface area contributed by atoms with E-state index in [9.17, 15) is 0 Å². The SMILES string of the molecule is Cc1c(NCCCCCN)ccc(N2C[C@H](C)O[C@H](C)[C@@H]2C)c1C. The molecule has 0 saturated carbocycles. The molecule has 1 fully saturated rings. The van der Waals surface area contributed by atoms with Crippen LogP contribution in [0.15, 0.2) is 12.1 Å². The Morgan fingerprint density at radius 1 is 1.12 bits per heavy atom. The second-order valence-corrected chi connectivity index (χ2v) is 7.20. The summed E-state index contributed by atoms with van der Waals surface area (Å²) in [7, 11) is 0. The molecule has 136 valence electrons. The van der Waals surface area contributed by atoms with E-state index in [0.29, 0.717) is 6.04 Å². The molecule has 4 heteroatoms. The number of anilines is 2. The molecular weight excluding hydrogens is 298 g/mol. The van der Waals surface area contributed by atoms with Crippen molar-refractivity contribution in [2.45, 2.75) is 72.1 Å². The van der Waals surface area contributed by atoms with E-state index >= 15 is 0 Å². The normalized spacial score (nSPS) is 24.2. The number of benzene rings is 1. The summed E-state index contributed by atoms with van der Waals surface area (Å²) >= 11 is 0. The molecule has 2 rings (SSSR count). The van der Waals surface area contributed by atoms with Gasteiger partial charge >= 0.3 is 0 Å². The quantitative estimate of drug-likeness (QED) is 0.744. The molecule has 0 radical (unpaired) electrons. The average molecular weight is 334 g/mol. The van der Waals surface area contributed by atoms with Gasteiger partial charge in [-0.15, -0.1) is 0 Å². The van der Waals surface area contributed by atoms with Gasteiger partial charge in [0.2, 0.25) is 0 Å². The minimum absolute atomic E-state index is 0.258. The predicted octanol–water partition coefficient (Wildman–Crippen LogP) is 3.85. The van der Waals surface area contributed by atoms with Crippen molar-refractivity contribution >= 4 is 11.4 Å². The molecule has 1 saturated heterocycles. The van der Waals surface area contributed by atoms with Crippen molar-refractivity contribution in [3.05, 3.63) is 23.3 Å². The number of nitrogens with two attached hydrogens (primary N) is 1. The van der Waals surface area contributed by atoms with Gasteiger partial charge in [-0.25, -0.2) is 0 Å². The summed E-state index contributed by atoms with van der Waals surface area (Å²) in [6.45, 7) is 13.8. The molecular formula is C20H35N3O. The van der Waals surface area contributed by atoms with Crippen molar-refractivity contribution in [2.75, 3.05) is 29.9 Å². The summed E-state index contributed by atoms with van der Waals surface area (Å²) in [5, 5.41) is 3.59. The van der Waals surface area contributed by atoms with Crippen molar-refractivity contribution < 1.29 is 4.74 Å². The van der Waals surface area contributed by atoms with Gasteiger partial charge in [0.15, 0.2) is 0 Å². The Balaban J connectivity index is 2.08. The highest BCUT2D eigenvalue weighted by Gasteiger charge is 2.30. The predicted molar refractivity (Wildman–Crippen MR) is 104 cm³/mol. The molecule has 1 aromatic carbocycles. The second kappa shape index (κ2) is 8.72. The third kappa shape index (κ3) is 4.42. The van der Waals surface area contributed by atoms with E-state index in [1.54, 1.807) is 0 Å². The van der Waals surface area contributed by atoms with Crippen LogP contribution < -0.4 is 16.0 Å². The van der Waals surface area contributed by atoms with Crippen LogP contribution in [-0.2, 0) is 4.74 Å².